The standard InChI is InChI=1S/C25H27NO3S2/c1-31(28,29)26-18-24(17-23(26)19-27)30-25(20-11-5-2-6-12-20,21-13-7-3-8-14-21)22-15-9-4-10-16-22/h2-16,23-24,27H,17-19H2,1H3/t23-,24+/m0/s1. The number of aliphatic hydroxyl groups excluding tert-OH is 1. The van der Waals surface area contributed by atoms with Crippen LogP contribution in [0.15, 0.2) is 91.0 Å². The SMILES string of the molecule is CS(=O)(=O)N1C[C@H](SC(c2ccccc2)(c2ccccc2)c2ccccc2)C[C@H]1CO. The zero-order chi connectivity index (χ0) is 21.9. The van der Waals surface area contributed by atoms with Crippen LogP contribution < -0.4 is 0 Å². The third kappa shape index (κ3) is 4.44. The van der Waals surface area contributed by atoms with Crippen molar-refractivity contribution in [3.63, 3.8) is 0 Å². The molecule has 0 bridgehead atoms. The van der Waals surface area contributed by atoms with Crippen molar-refractivity contribution in [3.05, 3.63) is 108 Å². The average Bonchev–Trinajstić information content (AvgIpc) is 3.23. The molecule has 1 aliphatic rings. The van der Waals surface area contributed by atoms with Gasteiger partial charge in [0.15, 0.2) is 0 Å². The van der Waals surface area contributed by atoms with E-state index in [9.17, 15) is 13.5 Å². The number of rotatable bonds is 7. The topological polar surface area (TPSA) is 57.6 Å². The highest BCUT2D eigenvalue weighted by atomic mass is 32.2. The van der Waals surface area contributed by atoms with Gasteiger partial charge in [-0.3, -0.25) is 0 Å². The Kier molecular flexibility index (Phi) is 6.53. The van der Waals surface area contributed by atoms with Gasteiger partial charge < -0.3 is 5.11 Å². The number of aliphatic hydroxyl groups is 1. The molecule has 4 nitrogen and oxygen atoms in total. The summed E-state index contributed by atoms with van der Waals surface area (Å²) in [5.41, 5.74) is 3.45. The predicted molar refractivity (Wildman–Crippen MR) is 128 cm³/mol. The van der Waals surface area contributed by atoms with Crippen LogP contribution in [0.25, 0.3) is 0 Å². The minimum atomic E-state index is -3.39. The van der Waals surface area contributed by atoms with E-state index in [2.05, 4.69) is 36.4 Å². The van der Waals surface area contributed by atoms with Crippen molar-refractivity contribution >= 4 is 21.8 Å². The largest absolute Gasteiger partial charge is 0.395 e. The first kappa shape index (κ1) is 22.1. The van der Waals surface area contributed by atoms with E-state index in [1.165, 1.54) is 10.6 Å². The fourth-order valence-electron chi connectivity index (χ4n) is 4.48. The van der Waals surface area contributed by atoms with E-state index < -0.39 is 14.8 Å². The van der Waals surface area contributed by atoms with Crippen molar-refractivity contribution in [3.8, 4) is 0 Å². The Morgan fingerprint density at radius 1 is 0.871 bits per heavy atom. The second-order valence-electron chi connectivity index (χ2n) is 7.92. The van der Waals surface area contributed by atoms with E-state index in [-0.39, 0.29) is 17.9 Å². The van der Waals surface area contributed by atoms with Crippen molar-refractivity contribution in [2.24, 2.45) is 0 Å². The van der Waals surface area contributed by atoms with Crippen molar-refractivity contribution in [1.29, 1.82) is 0 Å². The molecule has 1 N–H and O–H groups in total. The van der Waals surface area contributed by atoms with Gasteiger partial charge in [-0.1, -0.05) is 91.0 Å². The Morgan fingerprint density at radius 3 is 1.61 bits per heavy atom. The number of hydrogen-bond donors (Lipinski definition) is 1. The van der Waals surface area contributed by atoms with Crippen molar-refractivity contribution in [2.75, 3.05) is 19.4 Å². The van der Waals surface area contributed by atoms with Crippen LogP contribution in [-0.2, 0) is 14.8 Å². The van der Waals surface area contributed by atoms with Gasteiger partial charge in [0.1, 0.15) is 0 Å². The van der Waals surface area contributed by atoms with E-state index >= 15 is 0 Å². The summed E-state index contributed by atoms with van der Waals surface area (Å²) in [4.78, 5) is 0. The molecule has 0 radical (unpaired) electrons. The lowest BCUT2D eigenvalue weighted by molar-refractivity contribution is 0.214. The molecule has 1 fully saturated rings. The zero-order valence-electron chi connectivity index (χ0n) is 17.5. The molecule has 0 unspecified atom stereocenters. The third-order valence-corrected chi connectivity index (χ3v) is 8.88. The third-order valence-electron chi connectivity index (χ3n) is 5.85. The highest BCUT2D eigenvalue weighted by molar-refractivity contribution is 8.01. The number of thioether (sulfide) groups is 1. The van der Waals surface area contributed by atoms with E-state index in [1.807, 2.05) is 54.6 Å². The molecular weight excluding hydrogens is 426 g/mol. The molecule has 0 aromatic heterocycles. The maximum atomic E-state index is 12.3. The number of nitrogens with zero attached hydrogens (tertiary/aromatic N) is 1. The van der Waals surface area contributed by atoms with E-state index in [0.29, 0.717) is 13.0 Å². The van der Waals surface area contributed by atoms with Crippen LogP contribution in [0.1, 0.15) is 23.1 Å². The van der Waals surface area contributed by atoms with E-state index in [1.54, 1.807) is 11.8 Å². The summed E-state index contributed by atoms with van der Waals surface area (Å²) in [6.07, 6.45) is 1.84. The van der Waals surface area contributed by atoms with Gasteiger partial charge in [0.2, 0.25) is 10.0 Å². The molecule has 2 atom stereocenters. The molecule has 1 heterocycles. The van der Waals surface area contributed by atoms with Crippen LogP contribution in [-0.4, -0.2) is 48.5 Å². The molecular formula is C25H27NO3S2. The van der Waals surface area contributed by atoms with Crippen LogP contribution in [0.3, 0.4) is 0 Å². The van der Waals surface area contributed by atoms with Crippen LogP contribution in [0.5, 0.6) is 0 Å². The monoisotopic (exact) mass is 453 g/mol. The highest BCUT2D eigenvalue weighted by Gasteiger charge is 2.44. The molecule has 0 spiro atoms. The molecule has 0 amide bonds. The van der Waals surface area contributed by atoms with Crippen LogP contribution in [0.4, 0.5) is 0 Å². The minimum Gasteiger partial charge on any atom is -0.395 e. The van der Waals surface area contributed by atoms with Gasteiger partial charge in [0.25, 0.3) is 0 Å². The molecule has 3 aromatic carbocycles. The normalized spacial score (nSPS) is 20.1. The quantitative estimate of drug-likeness (QED) is 0.547. The average molecular weight is 454 g/mol. The van der Waals surface area contributed by atoms with E-state index in [4.69, 9.17) is 0 Å². The number of sulfonamides is 1. The van der Waals surface area contributed by atoms with E-state index in [0.717, 1.165) is 16.7 Å². The van der Waals surface area contributed by atoms with Crippen LogP contribution >= 0.6 is 11.8 Å². The van der Waals surface area contributed by atoms with Crippen molar-refractivity contribution in [2.45, 2.75) is 22.5 Å². The first-order chi connectivity index (χ1) is 14.9. The molecule has 0 saturated carbocycles. The highest BCUT2D eigenvalue weighted by Crippen LogP contribution is 2.52. The summed E-state index contributed by atoms with van der Waals surface area (Å²) < 4.78 is 25.6. The Balaban J connectivity index is 1.85. The number of hydrogen-bond acceptors (Lipinski definition) is 4. The maximum Gasteiger partial charge on any atom is 0.211 e. The summed E-state index contributed by atoms with van der Waals surface area (Å²) in [5.74, 6) is 0. The molecule has 1 aliphatic heterocycles. The maximum absolute atomic E-state index is 12.3. The summed E-state index contributed by atoms with van der Waals surface area (Å²) in [6.45, 7) is 0.224. The fraction of sp³-hybridized carbons (Fsp3) is 0.280. The molecule has 0 aliphatic carbocycles. The second kappa shape index (κ2) is 9.17. The Morgan fingerprint density at radius 2 is 1.29 bits per heavy atom. The van der Waals surface area contributed by atoms with Gasteiger partial charge in [-0.25, -0.2) is 8.42 Å². The summed E-state index contributed by atoms with van der Waals surface area (Å²) >= 11 is 1.78. The lowest BCUT2D eigenvalue weighted by atomic mass is 9.84. The molecule has 162 valence electrons. The van der Waals surface area contributed by atoms with Gasteiger partial charge in [-0.15, -0.1) is 11.8 Å². The first-order valence-corrected chi connectivity index (χ1v) is 13.1. The molecule has 1 saturated heterocycles. The number of benzene rings is 3. The van der Waals surface area contributed by atoms with Gasteiger partial charge in [-0.05, 0) is 23.1 Å². The lowest BCUT2D eigenvalue weighted by Gasteiger charge is -2.37. The molecule has 31 heavy (non-hydrogen) atoms. The zero-order valence-corrected chi connectivity index (χ0v) is 19.1. The van der Waals surface area contributed by atoms with Gasteiger partial charge >= 0.3 is 0 Å². The Bertz CT molecular complexity index is 993. The van der Waals surface area contributed by atoms with Crippen molar-refractivity contribution < 1.29 is 13.5 Å². The first-order valence-electron chi connectivity index (χ1n) is 10.4. The van der Waals surface area contributed by atoms with Crippen LogP contribution in [0, 0.1) is 0 Å². The minimum absolute atomic E-state index is 0.0347. The lowest BCUT2D eigenvalue weighted by Crippen LogP contribution is -2.37. The van der Waals surface area contributed by atoms with Crippen molar-refractivity contribution in [1.82, 2.24) is 4.31 Å². The van der Waals surface area contributed by atoms with Gasteiger partial charge in [-0.2, -0.15) is 4.31 Å². The molecule has 3 aromatic rings. The Hall–Kier alpha value is -2.12. The fourth-order valence-corrected chi connectivity index (χ4v) is 7.58. The molecule has 6 heteroatoms. The second-order valence-corrected chi connectivity index (χ2v) is 11.4. The summed E-state index contributed by atoms with van der Waals surface area (Å²) in [6, 6.07) is 30.8. The van der Waals surface area contributed by atoms with Gasteiger partial charge in [0, 0.05) is 17.8 Å². The summed E-state index contributed by atoms with van der Waals surface area (Å²) in [7, 11) is -3.39. The molecule has 4 rings (SSSR count). The van der Waals surface area contributed by atoms with Gasteiger partial charge in [0.05, 0.1) is 17.6 Å². The van der Waals surface area contributed by atoms with Crippen LogP contribution in [0.2, 0.25) is 0 Å². The predicted octanol–water partition coefficient (Wildman–Crippen LogP) is 4.11. The Labute approximate surface area is 189 Å². The smallest absolute Gasteiger partial charge is 0.211 e. The summed E-state index contributed by atoms with van der Waals surface area (Å²) in [5, 5.41) is 9.89.